The van der Waals surface area contributed by atoms with Gasteiger partial charge in [0.1, 0.15) is 6.04 Å². The zero-order valence-corrected chi connectivity index (χ0v) is 9.55. The molecule has 2 heterocycles. The summed E-state index contributed by atoms with van der Waals surface area (Å²) in [6.07, 6.45) is 2.37. The summed E-state index contributed by atoms with van der Waals surface area (Å²) < 4.78 is 30.1. The van der Waals surface area contributed by atoms with Crippen LogP contribution in [0.25, 0.3) is 0 Å². The Morgan fingerprint density at radius 3 is 3.00 bits per heavy atom. The third-order valence-corrected chi connectivity index (χ3v) is 4.26. The summed E-state index contributed by atoms with van der Waals surface area (Å²) in [4.78, 5) is 17.0. The van der Waals surface area contributed by atoms with E-state index in [2.05, 4.69) is 9.97 Å². The zero-order chi connectivity index (χ0) is 12.5. The van der Waals surface area contributed by atoms with Crippen LogP contribution >= 0.6 is 0 Å². The normalized spacial score (nSPS) is 22.5. The number of H-pyrrole nitrogens is 1. The number of imidazole rings is 1. The van der Waals surface area contributed by atoms with Gasteiger partial charge in [0.25, 0.3) is 10.0 Å². The second-order valence-electron chi connectivity index (χ2n) is 3.46. The van der Waals surface area contributed by atoms with Gasteiger partial charge in [-0.2, -0.15) is 4.31 Å². The molecule has 1 atom stereocenters. The van der Waals surface area contributed by atoms with E-state index in [0.717, 1.165) is 10.5 Å². The van der Waals surface area contributed by atoms with Gasteiger partial charge in [0.05, 0.1) is 25.7 Å². The Labute approximate surface area is 97.3 Å². The number of aromatic amines is 1. The zero-order valence-electron chi connectivity index (χ0n) is 8.74. The maximum absolute atomic E-state index is 12.1. The van der Waals surface area contributed by atoms with Gasteiger partial charge in [-0.25, -0.2) is 13.4 Å². The first kappa shape index (κ1) is 12.0. The lowest BCUT2D eigenvalue weighted by Gasteiger charge is -2.31. The molecule has 0 saturated carbocycles. The standard InChI is InChI=1S/C8H11N3O5S/c12-8(13)6-4-16-2-1-11(6)17(14,15)7-3-9-5-10-7/h3,5-6H,1-2,4H2,(H,9,10)(H,12,13). The van der Waals surface area contributed by atoms with Crippen LogP contribution < -0.4 is 0 Å². The Balaban J connectivity index is 2.34. The maximum atomic E-state index is 12.1. The van der Waals surface area contributed by atoms with Gasteiger partial charge < -0.3 is 14.8 Å². The number of carboxylic acids is 1. The van der Waals surface area contributed by atoms with E-state index in [-0.39, 0.29) is 24.8 Å². The van der Waals surface area contributed by atoms with E-state index < -0.39 is 22.0 Å². The molecule has 1 aromatic rings. The molecule has 94 valence electrons. The average Bonchev–Trinajstić information content (AvgIpc) is 2.83. The van der Waals surface area contributed by atoms with Crippen molar-refractivity contribution < 1.29 is 23.1 Å². The van der Waals surface area contributed by atoms with Crippen molar-refractivity contribution in [2.24, 2.45) is 0 Å². The number of carboxylic acid groups (broad SMARTS) is 1. The van der Waals surface area contributed by atoms with E-state index in [0.29, 0.717) is 0 Å². The molecule has 9 heteroatoms. The molecule has 1 saturated heterocycles. The number of morpholine rings is 1. The molecule has 0 aromatic carbocycles. The fourth-order valence-corrected chi connectivity index (χ4v) is 3.03. The third kappa shape index (κ3) is 2.16. The molecule has 8 nitrogen and oxygen atoms in total. The number of sulfonamides is 1. The van der Waals surface area contributed by atoms with E-state index in [1.54, 1.807) is 0 Å². The van der Waals surface area contributed by atoms with Crippen LogP contribution in [-0.4, -0.2) is 59.6 Å². The molecule has 0 amide bonds. The molecule has 1 aliphatic heterocycles. The van der Waals surface area contributed by atoms with Crippen molar-refractivity contribution in [3.05, 3.63) is 12.5 Å². The fraction of sp³-hybridized carbons (Fsp3) is 0.500. The van der Waals surface area contributed by atoms with E-state index >= 15 is 0 Å². The molecule has 0 aliphatic carbocycles. The van der Waals surface area contributed by atoms with Crippen LogP contribution in [0.3, 0.4) is 0 Å². The predicted octanol–water partition coefficient (Wildman–Crippen LogP) is -1.12. The van der Waals surface area contributed by atoms with Crippen LogP contribution in [0.2, 0.25) is 0 Å². The van der Waals surface area contributed by atoms with Crippen molar-refractivity contribution in [3.63, 3.8) is 0 Å². The number of nitrogens with zero attached hydrogens (tertiary/aromatic N) is 2. The number of rotatable bonds is 3. The summed E-state index contributed by atoms with van der Waals surface area (Å²) >= 11 is 0. The molecule has 0 spiro atoms. The quantitative estimate of drug-likeness (QED) is 0.713. The minimum absolute atomic E-state index is 0.0122. The second kappa shape index (κ2) is 4.43. The van der Waals surface area contributed by atoms with Crippen molar-refractivity contribution in [1.29, 1.82) is 0 Å². The molecular weight excluding hydrogens is 250 g/mol. The predicted molar refractivity (Wildman–Crippen MR) is 54.7 cm³/mol. The van der Waals surface area contributed by atoms with Crippen LogP contribution in [0.4, 0.5) is 0 Å². The van der Waals surface area contributed by atoms with Gasteiger partial charge in [0.2, 0.25) is 0 Å². The molecule has 17 heavy (non-hydrogen) atoms. The van der Waals surface area contributed by atoms with Crippen LogP contribution in [0.5, 0.6) is 0 Å². The number of hydrogen-bond donors (Lipinski definition) is 2. The monoisotopic (exact) mass is 261 g/mol. The van der Waals surface area contributed by atoms with Gasteiger partial charge in [0, 0.05) is 6.54 Å². The van der Waals surface area contributed by atoms with Crippen molar-refractivity contribution in [2.45, 2.75) is 11.1 Å². The Kier molecular flexibility index (Phi) is 3.13. The van der Waals surface area contributed by atoms with E-state index in [4.69, 9.17) is 9.84 Å². The fourth-order valence-electron chi connectivity index (χ4n) is 1.58. The number of nitrogens with one attached hydrogen (secondary N) is 1. The molecule has 1 unspecified atom stereocenters. The van der Waals surface area contributed by atoms with E-state index in [9.17, 15) is 13.2 Å². The van der Waals surface area contributed by atoms with E-state index in [1.165, 1.54) is 6.33 Å². The molecule has 2 N–H and O–H groups in total. The lowest BCUT2D eigenvalue weighted by Crippen LogP contribution is -2.52. The first-order chi connectivity index (χ1) is 8.03. The SMILES string of the molecule is O=C(O)C1COCCN1S(=O)(=O)c1cnc[nH]1. The van der Waals surface area contributed by atoms with Crippen molar-refractivity contribution in [3.8, 4) is 0 Å². The lowest BCUT2D eigenvalue weighted by molar-refractivity contribution is -0.146. The molecule has 0 bridgehead atoms. The molecule has 2 rings (SSSR count). The van der Waals surface area contributed by atoms with Crippen molar-refractivity contribution >= 4 is 16.0 Å². The van der Waals surface area contributed by atoms with Crippen LogP contribution in [0.15, 0.2) is 17.6 Å². The second-order valence-corrected chi connectivity index (χ2v) is 5.32. The van der Waals surface area contributed by atoms with Gasteiger partial charge in [0.15, 0.2) is 5.03 Å². The van der Waals surface area contributed by atoms with Crippen LogP contribution in [0.1, 0.15) is 0 Å². The Morgan fingerprint density at radius 1 is 1.65 bits per heavy atom. The highest BCUT2D eigenvalue weighted by Crippen LogP contribution is 2.18. The smallest absolute Gasteiger partial charge is 0.324 e. The van der Waals surface area contributed by atoms with Gasteiger partial charge >= 0.3 is 5.97 Å². The molecule has 1 aliphatic rings. The minimum Gasteiger partial charge on any atom is -0.480 e. The van der Waals surface area contributed by atoms with Gasteiger partial charge in [-0.15, -0.1) is 0 Å². The highest BCUT2D eigenvalue weighted by atomic mass is 32.2. The van der Waals surface area contributed by atoms with Gasteiger partial charge in [-0.1, -0.05) is 0 Å². The van der Waals surface area contributed by atoms with Crippen LogP contribution in [-0.2, 0) is 19.6 Å². The molecule has 1 fully saturated rings. The highest BCUT2D eigenvalue weighted by molar-refractivity contribution is 7.89. The number of carbonyl (C=O) groups is 1. The lowest BCUT2D eigenvalue weighted by atomic mass is 10.3. The molecule has 0 radical (unpaired) electrons. The summed E-state index contributed by atoms with van der Waals surface area (Å²) in [5.41, 5.74) is 0. The van der Waals surface area contributed by atoms with Gasteiger partial charge in [-0.05, 0) is 0 Å². The maximum Gasteiger partial charge on any atom is 0.324 e. The Morgan fingerprint density at radius 2 is 2.41 bits per heavy atom. The third-order valence-electron chi connectivity index (χ3n) is 2.42. The summed E-state index contributed by atoms with van der Waals surface area (Å²) in [6, 6.07) is -1.20. The summed E-state index contributed by atoms with van der Waals surface area (Å²) in [5, 5.41) is 8.84. The Hall–Kier alpha value is -1.45. The summed E-state index contributed by atoms with van der Waals surface area (Å²) in [5.74, 6) is -1.23. The largest absolute Gasteiger partial charge is 0.480 e. The van der Waals surface area contributed by atoms with Crippen molar-refractivity contribution in [2.75, 3.05) is 19.8 Å². The number of aromatic nitrogens is 2. The summed E-state index contributed by atoms with van der Waals surface area (Å²) in [6.45, 7) is 0.0398. The first-order valence-electron chi connectivity index (χ1n) is 4.84. The number of hydrogen-bond acceptors (Lipinski definition) is 5. The molecule has 1 aromatic heterocycles. The number of ether oxygens (including phenoxy) is 1. The Bertz CT molecular complexity index is 497. The topological polar surface area (TPSA) is 113 Å². The van der Waals surface area contributed by atoms with Gasteiger partial charge in [-0.3, -0.25) is 4.79 Å². The van der Waals surface area contributed by atoms with Crippen molar-refractivity contribution in [1.82, 2.24) is 14.3 Å². The number of aliphatic carboxylic acids is 1. The average molecular weight is 261 g/mol. The first-order valence-corrected chi connectivity index (χ1v) is 6.28. The minimum atomic E-state index is -3.86. The van der Waals surface area contributed by atoms with Crippen LogP contribution in [0, 0.1) is 0 Å². The van der Waals surface area contributed by atoms with E-state index in [1.807, 2.05) is 0 Å². The highest BCUT2D eigenvalue weighted by Gasteiger charge is 2.38. The molecular formula is C8H11N3O5S. The summed E-state index contributed by atoms with van der Waals surface area (Å²) in [7, 11) is -3.86.